The van der Waals surface area contributed by atoms with Crippen molar-refractivity contribution in [3.63, 3.8) is 0 Å². The number of aromatic nitrogens is 2. The second kappa shape index (κ2) is 9.94. The van der Waals surface area contributed by atoms with Crippen LogP contribution in [0.4, 0.5) is 0 Å². The fraction of sp³-hybridized carbons (Fsp3) is 0.368. The molecule has 0 bridgehead atoms. The molecule has 2 aromatic rings. The lowest BCUT2D eigenvalue weighted by Gasteiger charge is -2.29. The third-order valence-corrected chi connectivity index (χ3v) is 5.42. The van der Waals surface area contributed by atoms with E-state index in [0.717, 1.165) is 0 Å². The van der Waals surface area contributed by atoms with Gasteiger partial charge in [-0.1, -0.05) is 12.1 Å². The maximum atomic E-state index is 13.0. The van der Waals surface area contributed by atoms with Gasteiger partial charge in [0.1, 0.15) is 9.21 Å². The van der Waals surface area contributed by atoms with E-state index < -0.39 is 17.4 Å². The zero-order valence-electron chi connectivity index (χ0n) is 15.1. The summed E-state index contributed by atoms with van der Waals surface area (Å²) in [4.78, 5) is 34.4. The van der Waals surface area contributed by atoms with Gasteiger partial charge in [0.15, 0.2) is 5.41 Å². The Morgan fingerprint density at radius 3 is 1.63 bits per heavy atom. The van der Waals surface area contributed by atoms with Crippen molar-refractivity contribution in [3.8, 4) is 0 Å². The van der Waals surface area contributed by atoms with Gasteiger partial charge in [0.25, 0.3) is 0 Å². The van der Waals surface area contributed by atoms with Gasteiger partial charge in [0.05, 0.1) is 13.2 Å². The first-order chi connectivity index (χ1) is 12.9. The number of hydrogen-bond acceptors (Lipinski definition) is 6. The molecule has 0 atom stereocenters. The molecule has 0 aliphatic carbocycles. The minimum Gasteiger partial charge on any atom is -0.465 e. The molecule has 0 aliphatic rings. The van der Waals surface area contributed by atoms with Crippen molar-refractivity contribution in [1.29, 1.82) is 0 Å². The van der Waals surface area contributed by atoms with Gasteiger partial charge in [-0.2, -0.15) is 0 Å². The smallest absolute Gasteiger partial charge is 0.324 e. The van der Waals surface area contributed by atoms with E-state index >= 15 is 0 Å². The van der Waals surface area contributed by atoms with Gasteiger partial charge >= 0.3 is 11.9 Å². The van der Waals surface area contributed by atoms with Crippen molar-refractivity contribution in [3.05, 3.63) is 57.0 Å². The lowest BCUT2D eigenvalue weighted by molar-refractivity contribution is -0.172. The van der Waals surface area contributed by atoms with Gasteiger partial charge in [-0.25, -0.2) is 9.97 Å². The molecule has 0 saturated heterocycles. The minimum atomic E-state index is -1.55. The number of pyridine rings is 2. The summed E-state index contributed by atoms with van der Waals surface area (Å²) in [7, 11) is 0. The molecule has 2 heterocycles. The van der Waals surface area contributed by atoms with Crippen LogP contribution in [0, 0.1) is 5.41 Å². The molecule has 0 fully saturated rings. The quantitative estimate of drug-likeness (QED) is 0.311. The number of ether oxygens (including phenoxy) is 2. The van der Waals surface area contributed by atoms with Gasteiger partial charge in [-0.15, -0.1) is 0 Å². The molecule has 0 unspecified atom stereocenters. The monoisotopic (exact) mass is 498 g/mol. The lowest BCUT2D eigenvalue weighted by atomic mass is 9.76. The van der Waals surface area contributed by atoms with E-state index in [4.69, 9.17) is 9.47 Å². The van der Waals surface area contributed by atoms with Crippen molar-refractivity contribution in [2.24, 2.45) is 5.41 Å². The average molecular weight is 500 g/mol. The minimum absolute atomic E-state index is 0.0838. The van der Waals surface area contributed by atoms with E-state index in [0.29, 0.717) is 20.3 Å². The van der Waals surface area contributed by atoms with Crippen molar-refractivity contribution in [2.75, 3.05) is 13.2 Å². The van der Waals surface area contributed by atoms with Crippen molar-refractivity contribution >= 4 is 43.8 Å². The topological polar surface area (TPSA) is 78.4 Å². The molecule has 0 N–H and O–H groups in total. The van der Waals surface area contributed by atoms with Gasteiger partial charge in [0, 0.05) is 25.2 Å². The van der Waals surface area contributed by atoms with Gasteiger partial charge in [-0.3, -0.25) is 9.59 Å². The largest absolute Gasteiger partial charge is 0.465 e. The van der Waals surface area contributed by atoms with Crippen molar-refractivity contribution in [2.45, 2.75) is 26.7 Å². The highest BCUT2D eigenvalue weighted by molar-refractivity contribution is 9.10. The van der Waals surface area contributed by atoms with Crippen LogP contribution in [0.25, 0.3) is 0 Å². The Kier molecular flexibility index (Phi) is 7.91. The van der Waals surface area contributed by atoms with Crippen molar-refractivity contribution in [1.82, 2.24) is 9.97 Å². The third kappa shape index (κ3) is 5.13. The summed E-state index contributed by atoms with van der Waals surface area (Å²) in [6.45, 7) is 3.71. The number of esters is 2. The molecule has 27 heavy (non-hydrogen) atoms. The number of carbonyl (C=O) groups is 2. The molecular weight excluding hydrogens is 480 g/mol. The predicted molar refractivity (Wildman–Crippen MR) is 107 cm³/mol. The molecule has 0 aliphatic heterocycles. The van der Waals surface area contributed by atoms with E-state index in [1.54, 1.807) is 38.4 Å². The fourth-order valence-corrected chi connectivity index (χ4v) is 3.51. The Morgan fingerprint density at radius 1 is 0.889 bits per heavy atom. The second-order valence-electron chi connectivity index (χ2n) is 5.78. The summed E-state index contributed by atoms with van der Waals surface area (Å²) in [5.74, 6) is -1.26. The Hall–Kier alpha value is -1.80. The van der Waals surface area contributed by atoms with Gasteiger partial charge < -0.3 is 9.47 Å². The summed E-state index contributed by atoms with van der Waals surface area (Å²) < 4.78 is 11.7. The SMILES string of the molecule is CCOC(=O)C(Cc1cccnc1Br)(Cc1cccnc1Br)C(=O)OCC. The highest BCUT2D eigenvalue weighted by Gasteiger charge is 2.49. The van der Waals surface area contributed by atoms with E-state index in [1.165, 1.54) is 0 Å². The lowest BCUT2D eigenvalue weighted by Crippen LogP contribution is -2.46. The predicted octanol–water partition coefficient (Wildman–Crippen LogP) is 3.90. The van der Waals surface area contributed by atoms with Crippen LogP contribution in [-0.2, 0) is 31.9 Å². The fourth-order valence-electron chi connectivity index (χ4n) is 2.73. The highest BCUT2D eigenvalue weighted by atomic mass is 79.9. The van der Waals surface area contributed by atoms with Gasteiger partial charge in [-0.05, 0) is 69.0 Å². The first kappa shape index (κ1) is 21.5. The zero-order chi connectivity index (χ0) is 19.9. The number of nitrogens with zero attached hydrogens (tertiary/aromatic N) is 2. The number of rotatable bonds is 8. The average Bonchev–Trinajstić information content (AvgIpc) is 2.65. The summed E-state index contributed by atoms with van der Waals surface area (Å²) in [6.07, 6.45) is 3.42. The molecule has 0 amide bonds. The Bertz CT molecular complexity index is 746. The molecule has 0 aromatic carbocycles. The number of carbonyl (C=O) groups excluding carboxylic acids is 2. The molecule has 0 spiro atoms. The summed E-state index contributed by atoms with van der Waals surface area (Å²) in [6, 6.07) is 7.12. The summed E-state index contributed by atoms with van der Waals surface area (Å²) >= 11 is 6.78. The van der Waals surface area contributed by atoms with Crippen LogP contribution in [0.1, 0.15) is 25.0 Å². The first-order valence-electron chi connectivity index (χ1n) is 8.47. The Balaban J connectivity index is 2.57. The van der Waals surface area contributed by atoms with Crippen LogP contribution >= 0.6 is 31.9 Å². The van der Waals surface area contributed by atoms with Gasteiger partial charge in [0.2, 0.25) is 0 Å². The Morgan fingerprint density at radius 2 is 1.30 bits per heavy atom. The molecular formula is C19H20Br2N2O4. The second-order valence-corrected chi connectivity index (χ2v) is 7.29. The highest BCUT2D eigenvalue weighted by Crippen LogP contribution is 2.35. The van der Waals surface area contributed by atoms with E-state index in [9.17, 15) is 9.59 Å². The number of hydrogen-bond donors (Lipinski definition) is 0. The van der Waals surface area contributed by atoms with Crippen LogP contribution in [0.2, 0.25) is 0 Å². The van der Waals surface area contributed by atoms with Crippen LogP contribution < -0.4 is 0 Å². The molecule has 2 aromatic heterocycles. The van der Waals surface area contributed by atoms with Crippen LogP contribution in [0.15, 0.2) is 45.9 Å². The maximum Gasteiger partial charge on any atom is 0.324 e. The molecule has 8 heteroatoms. The van der Waals surface area contributed by atoms with E-state index in [-0.39, 0.29) is 26.1 Å². The van der Waals surface area contributed by atoms with Crippen molar-refractivity contribution < 1.29 is 19.1 Å². The third-order valence-electron chi connectivity index (χ3n) is 3.99. The van der Waals surface area contributed by atoms with E-state index in [2.05, 4.69) is 41.8 Å². The molecule has 0 radical (unpaired) electrons. The Labute approximate surface area is 174 Å². The van der Waals surface area contributed by atoms with Crippen LogP contribution in [0.3, 0.4) is 0 Å². The van der Waals surface area contributed by atoms with Crippen LogP contribution in [0.5, 0.6) is 0 Å². The molecule has 6 nitrogen and oxygen atoms in total. The number of halogens is 2. The molecule has 144 valence electrons. The summed E-state index contributed by atoms with van der Waals surface area (Å²) in [5, 5.41) is 0. The van der Waals surface area contributed by atoms with Crippen LogP contribution in [-0.4, -0.2) is 35.1 Å². The standard InChI is InChI=1S/C19H20Br2N2O4/c1-3-26-17(24)19(18(25)27-4-2,11-13-7-5-9-22-15(13)20)12-14-8-6-10-23-16(14)21/h5-10H,3-4,11-12H2,1-2H3. The summed E-state index contributed by atoms with van der Waals surface area (Å²) in [5.41, 5.74) is -0.138. The molecule has 2 rings (SSSR count). The normalized spacial score (nSPS) is 11.1. The zero-order valence-corrected chi connectivity index (χ0v) is 18.2. The molecule has 0 saturated carbocycles. The first-order valence-corrected chi connectivity index (χ1v) is 10.1. The maximum absolute atomic E-state index is 13.0. The van der Waals surface area contributed by atoms with E-state index in [1.807, 2.05) is 12.1 Å².